The first-order valence-electron chi connectivity index (χ1n) is 16.8. The summed E-state index contributed by atoms with van der Waals surface area (Å²) in [5.74, 6) is 1.02. The predicted molar refractivity (Wildman–Crippen MR) is 187 cm³/mol. The molecule has 1 amide bonds. The minimum atomic E-state index is -1.26. The summed E-state index contributed by atoms with van der Waals surface area (Å²) in [6.07, 6.45) is 5.60. The molecule has 6 aromatic rings. The summed E-state index contributed by atoms with van der Waals surface area (Å²) >= 11 is 0. The second-order valence-corrected chi connectivity index (χ2v) is 13.9. The van der Waals surface area contributed by atoms with Crippen molar-refractivity contribution in [1.29, 1.82) is 0 Å². The highest BCUT2D eigenvalue weighted by molar-refractivity contribution is 6.01. The van der Waals surface area contributed by atoms with E-state index in [1.807, 2.05) is 46.8 Å². The van der Waals surface area contributed by atoms with Gasteiger partial charge in [0.05, 0.1) is 18.3 Å². The highest BCUT2D eigenvalue weighted by atomic mass is 16.5. The number of ether oxygens (including phenoxy) is 1. The molecule has 3 aromatic heterocycles. The lowest BCUT2D eigenvalue weighted by molar-refractivity contribution is 0.0688. The van der Waals surface area contributed by atoms with Crippen LogP contribution in [0.3, 0.4) is 0 Å². The monoisotopic (exact) mass is 656 g/mol. The number of aromatic amines is 1. The molecule has 0 unspecified atom stereocenters. The molecule has 248 valence electrons. The number of H-pyrrole nitrogens is 1. The number of nitrogens with two attached hydrogens (primary N) is 1. The van der Waals surface area contributed by atoms with Gasteiger partial charge in [0, 0.05) is 65.8 Å². The quantitative estimate of drug-likeness (QED) is 0.209. The van der Waals surface area contributed by atoms with Crippen LogP contribution >= 0.6 is 0 Å². The number of pyridine rings is 1. The number of methoxy groups -OCH3 is 1. The zero-order valence-electron chi connectivity index (χ0n) is 27.3. The van der Waals surface area contributed by atoms with Gasteiger partial charge in [-0.05, 0) is 85.0 Å². The van der Waals surface area contributed by atoms with Crippen LogP contribution < -0.4 is 15.9 Å². The third kappa shape index (κ3) is 4.59. The van der Waals surface area contributed by atoms with Crippen LogP contribution in [0.1, 0.15) is 46.4 Å². The molecule has 3 aliphatic rings. The van der Waals surface area contributed by atoms with E-state index in [-0.39, 0.29) is 23.6 Å². The van der Waals surface area contributed by atoms with Crippen LogP contribution in [0.4, 0.5) is 0 Å². The van der Waals surface area contributed by atoms with Crippen LogP contribution in [0.25, 0.3) is 55.5 Å². The van der Waals surface area contributed by atoms with Gasteiger partial charge >= 0.3 is 5.97 Å². The first-order valence-corrected chi connectivity index (χ1v) is 16.8. The number of carbonyl (C=O) groups excluding carboxylic acids is 1. The number of carboxylic acid groups (broad SMARTS) is 1. The van der Waals surface area contributed by atoms with Gasteiger partial charge in [-0.1, -0.05) is 18.2 Å². The Kier molecular flexibility index (Phi) is 6.54. The number of aromatic nitrogens is 4. The van der Waals surface area contributed by atoms with Crippen LogP contribution in [-0.2, 0) is 13.6 Å². The van der Waals surface area contributed by atoms with Crippen molar-refractivity contribution < 1.29 is 19.4 Å². The van der Waals surface area contributed by atoms with E-state index in [2.05, 4.69) is 27.8 Å². The molecule has 11 heteroatoms. The highest BCUT2D eigenvalue weighted by Crippen LogP contribution is 2.41. The largest absolute Gasteiger partial charge is 0.494 e. The lowest BCUT2D eigenvalue weighted by Gasteiger charge is -2.27. The Morgan fingerprint density at radius 1 is 1.04 bits per heavy atom. The number of hydrogen-bond donors (Lipinski definition) is 3. The number of likely N-dealkylation sites (tertiary alicyclic amines) is 1. The number of benzene rings is 3. The number of carboxylic acids is 1. The highest BCUT2D eigenvalue weighted by Gasteiger charge is 2.47. The lowest BCUT2D eigenvalue weighted by atomic mass is 10.0. The molecule has 1 aliphatic heterocycles. The molecule has 4 N–H and O–H groups in total. The van der Waals surface area contributed by atoms with Crippen molar-refractivity contribution in [3.8, 4) is 28.4 Å². The molecule has 0 radical (unpaired) electrons. The van der Waals surface area contributed by atoms with Gasteiger partial charge in [-0.25, -0.2) is 9.78 Å². The summed E-state index contributed by atoms with van der Waals surface area (Å²) < 4.78 is 10.2. The van der Waals surface area contributed by atoms with Crippen LogP contribution in [0.2, 0.25) is 0 Å². The number of nitrogens with zero attached hydrogens (tertiary/aromatic N) is 4. The Morgan fingerprint density at radius 3 is 2.55 bits per heavy atom. The summed E-state index contributed by atoms with van der Waals surface area (Å²) in [6.45, 7) is 1.53. The van der Waals surface area contributed by atoms with E-state index in [0.717, 1.165) is 58.5 Å². The summed E-state index contributed by atoms with van der Waals surface area (Å²) in [5.41, 5.74) is 12.0. The van der Waals surface area contributed by atoms with Gasteiger partial charge < -0.3 is 34.6 Å². The minimum Gasteiger partial charge on any atom is -0.494 e. The van der Waals surface area contributed by atoms with Gasteiger partial charge in [0.2, 0.25) is 5.43 Å². The Balaban J connectivity index is 1.15. The number of amides is 1. The van der Waals surface area contributed by atoms with Crippen molar-refractivity contribution in [2.75, 3.05) is 13.7 Å². The maximum atomic E-state index is 13.8. The second-order valence-electron chi connectivity index (χ2n) is 13.9. The smallest absolute Gasteiger partial charge is 0.341 e. The van der Waals surface area contributed by atoms with Gasteiger partial charge in [-0.2, -0.15) is 0 Å². The predicted octanol–water partition coefficient (Wildman–Crippen LogP) is 5.38. The Bertz CT molecular complexity index is 2430. The Hall–Kier alpha value is -5.42. The summed E-state index contributed by atoms with van der Waals surface area (Å²) in [4.78, 5) is 48.4. The number of hydrogen-bond acceptors (Lipinski definition) is 6. The van der Waals surface area contributed by atoms with E-state index in [1.54, 1.807) is 13.2 Å². The fourth-order valence-electron chi connectivity index (χ4n) is 8.20. The topological polar surface area (TPSA) is 148 Å². The summed E-state index contributed by atoms with van der Waals surface area (Å²) in [7, 11) is 3.60. The number of nitrogens with one attached hydrogen (secondary N) is 1. The molecule has 2 saturated carbocycles. The number of imidazole rings is 1. The molecule has 2 aliphatic carbocycles. The first kappa shape index (κ1) is 29.7. The SMILES string of the molecule is COc1cc(C(=O)N2C[C@H]3CC[C@@H]2[C@@H]3N)cc2nc(-c3cc4ccc(-c5ccc6[nH]cc(C(=O)O)c(=O)c6c5)cc4n3CC3CC3)n(C)c12. The molecular weight excluding hydrogens is 620 g/mol. The van der Waals surface area contributed by atoms with Crippen molar-refractivity contribution in [2.24, 2.45) is 24.6 Å². The fourth-order valence-corrected chi connectivity index (χ4v) is 8.20. The van der Waals surface area contributed by atoms with Crippen molar-refractivity contribution in [3.63, 3.8) is 0 Å². The van der Waals surface area contributed by atoms with E-state index >= 15 is 0 Å². The van der Waals surface area contributed by atoms with E-state index in [9.17, 15) is 19.5 Å². The average Bonchev–Trinajstić information content (AvgIpc) is 3.51. The normalized spacial score (nSPS) is 20.2. The van der Waals surface area contributed by atoms with Gasteiger partial charge in [-0.3, -0.25) is 9.59 Å². The van der Waals surface area contributed by atoms with Crippen molar-refractivity contribution in [3.05, 3.63) is 82.1 Å². The zero-order chi connectivity index (χ0) is 33.7. The lowest BCUT2D eigenvalue weighted by Crippen LogP contribution is -2.41. The maximum Gasteiger partial charge on any atom is 0.341 e. The average molecular weight is 657 g/mol. The standard InChI is InChI=1S/C38H36N6O5/c1-42-34-28(12-24(15-32(34)49-2)37(46)44-18-23-8-10-29(44)33(23)39)41-36(42)31-14-22-6-5-21(13-30(22)43(31)17-19-3-4-19)20-7-9-27-25(11-20)35(45)26(16-40-27)38(47)48/h5-7,9,11-16,19,23,29,33H,3-4,8,10,17-18,39H2,1-2H3,(H,40,45)(H,47,48)/t23-,29-,33-/m1/s1. The van der Waals surface area contributed by atoms with E-state index in [0.29, 0.717) is 46.1 Å². The summed E-state index contributed by atoms with van der Waals surface area (Å²) in [5, 5.41) is 10.9. The van der Waals surface area contributed by atoms with Crippen LogP contribution in [0.5, 0.6) is 5.75 Å². The Labute approximate surface area is 280 Å². The van der Waals surface area contributed by atoms with E-state index in [1.165, 1.54) is 19.0 Å². The number of carbonyl (C=O) groups is 2. The Morgan fingerprint density at radius 2 is 1.84 bits per heavy atom. The number of aryl methyl sites for hydroxylation is 1. The molecule has 3 fully saturated rings. The van der Waals surface area contributed by atoms with Crippen molar-refractivity contribution in [2.45, 2.75) is 44.3 Å². The number of piperidine rings is 1. The summed E-state index contributed by atoms with van der Waals surface area (Å²) in [6, 6.07) is 17.7. The van der Waals surface area contributed by atoms with Crippen LogP contribution in [0, 0.1) is 11.8 Å². The maximum absolute atomic E-state index is 13.8. The molecule has 2 bridgehead atoms. The molecule has 0 spiro atoms. The van der Waals surface area contributed by atoms with Gasteiger partial charge in [0.25, 0.3) is 5.91 Å². The number of aromatic carboxylic acids is 1. The molecule has 1 saturated heterocycles. The number of fused-ring (bicyclic) bond motifs is 5. The molecule has 4 heterocycles. The van der Waals surface area contributed by atoms with Gasteiger partial charge in [0.15, 0.2) is 5.82 Å². The number of rotatable bonds is 7. The van der Waals surface area contributed by atoms with Crippen molar-refractivity contribution >= 4 is 44.7 Å². The molecule has 9 rings (SSSR count). The zero-order valence-corrected chi connectivity index (χ0v) is 27.3. The minimum absolute atomic E-state index is 0.0275. The van der Waals surface area contributed by atoms with Crippen LogP contribution in [0.15, 0.2) is 65.6 Å². The van der Waals surface area contributed by atoms with E-state index in [4.69, 9.17) is 15.5 Å². The van der Waals surface area contributed by atoms with Gasteiger partial charge in [-0.15, -0.1) is 0 Å². The third-order valence-corrected chi connectivity index (χ3v) is 11.0. The molecule has 3 atom stereocenters. The molecular formula is C38H36N6O5. The second kappa shape index (κ2) is 10.8. The molecule has 49 heavy (non-hydrogen) atoms. The first-order chi connectivity index (χ1) is 23.7. The van der Waals surface area contributed by atoms with Gasteiger partial charge in [0.1, 0.15) is 16.8 Å². The van der Waals surface area contributed by atoms with Crippen molar-refractivity contribution in [1.82, 2.24) is 24.0 Å². The van der Waals surface area contributed by atoms with Crippen LogP contribution in [-0.4, -0.2) is 66.7 Å². The third-order valence-electron chi connectivity index (χ3n) is 11.0. The van der Waals surface area contributed by atoms with E-state index < -0.39 is 11.4 Å². The fraction of sp³-hybridized carbons (Fsp3) is 0.316. The molecule has 11 nitrogen and oxygen atoms in total. The molecule has 3 aromatic carbocycles.